The van der Waals surface area contributed by atoms with Gasteiger partial charge in [0.05, 0.1) is 5.56 Å². The molecular formula is C20H22ClNOS. The van der Waals surface area contributed by atoms with Crippen LogP contribution in [0, 0.1) is 5.92 Å². The summed E-state index contributed by atoms with van der Waals surface area (Å²) in [5.41, 5.74) is 2.10. The molecule has 0 N–H and O–H groups in total. The SMILES string of the molecule is CC1CCN(C(=S)c2ccccc2OCc2ccc(Cl)cc2)CC1. The average Bonchev–Trinajstić information content (AvgIpc) is 2.61. The highest BCUT2D eigenvalue weighted by Gasteiger charge is 2.20. The Morgan fingerprint density at radius 2 is 1.79 bits per heavy atom. The van der Waals surface area contributed by atoms with Crippen LogP contribution in [0.4, 0.5) is 0 Å². The molecule has 2 aromatic rings. The molecule has 1 fully saturated rings. The van der Waals surface area contributed by atoms with E-state index in [4.69, 9.17) is 28.6 Å². The van der Waals surface area contributed by atoms with Gasteiger partial charge < -0.3 is 9.64 Å². The van der Waals surface area contributed by atoms with E-state index in [2.05, 4.69) is 17.9 Å². The minimum Gasteiger partial charge on any atom is -0.488 e. The first-order valence-electron chi connectivity index (χ1n) is 8.39. The van der Waals surface area contributed by atoms with Gasteiger partial charge in [-0.15, -0.1) is 0 Å². The molecule has 0 unspecified atom stereocenters. The Bertz CT molecular complexity index is 693. The normalized spacial score (nSPS) is 15.3. The highest BCUT2D eigenvalue weighted by atomic mass is 35.5. The van der Waals surface area contributed by atoms with E-state index in [-0.39, 0.29) is 0 Å². The van der Waals surface area contributed by atoms with Gasteiger partial charge in [0.1, 0.15) is 17.3 Å². The molecule has 4 heteroatoms. The summed E-state index contributed by atoms with van der Waals surface area (Å²) >= 11 is 11.7. The number of nitrogens with zero attached hydrogens (tertiary/aromatic N) is 1. The summed E-state index contributed by atoms with van der Waals surface area (Å²) in [4.78, 5) is 3.20. The van der Waals surface area contributed by atoms with Crippen molar-refractivity contribution >= 4 is 28.8 Å². The third-order valence-electron chi connectivity index (χ3n) is 4.50. The number of benzene rings is 2. The highest BCUT2D eigenvalue weighted by Crippen LogP contribution is 2.25. The number of hydrogen-bond donors (Lipinski definition) is 0. The smallest absolute Gasteiger partial charge is 0.130 e. The van der Waals surface area contributed by atoms with E-state index in [1.54, 1.807) is 0 Å². The van der Waals surface area contributed by atoms with Crippen molar-refractivity contribution in [3.8, 4) is 5.75 Å². The maximum Gasteiger partial charge on any atom is 0.130 e. The van der Waals surface area contributed by atoms with Crippen LogP contribution in [0.15, 0.2) is 48.5 Å². The van der Waals surface area contributed by atoms with Gasteiger partial charge >= 0.3 is 0 Å². The van der Waals surface area contributed by atoms with Gasteiger partial charge in [0.25, 0.3) is 0 Å². The lowest BCUT2D eigenvalue weighted by atomic mass is 9.99. The zero-order valence-electron chi connectivity index (χ0n) is 13.9. The van der Waals surface area contributed by atoms with Gasteiger partial charge in [0.2, 0.25) is 0 Å². The molecule has 1 aliphatic heterocycles. The van der Waals surface area contributed by atoms with Crippen molar-refractivity contribution in [3.05, 3.63) is 64.7 Å². The summed E-state index contributed by atoms with van der Waals surface area (Å²) in [6.07, 6.45) is 2.40. The predicted molar refractivity (Wildman–Crippen MR) is 104 cm³/mol. The van der Waals surface area contributed by atoms with Crippen LogP contribution < -0.4 is 4.74 Å². The molecule has 0 spiro atoms. The van der Waals surface area contributed by atoms with Crippen LogP contribution in [0.1, 0.15) is 30.9 Å². The lowest BCUT2D eigenvalue weighted by molar-refractivity contribution is 0.281. The molecule has 24 heavy (non-hydrogen) atoms. The van der Waals surface area contributed by atoms with Crippen molar-refractivity contribution in [1.29, 1.82) is 0 Å². The van der Waals surface area contributed by atoms with Crippen molar-refractivity contribution in [2.45, 2.75) is 26.4 Å². The quantitative estimate of drug-likeness (QED) is 0.685. The molecule has 0 amide bonds. The van der Waals surface area contributed by atoms with Crippen LogP contribution >= 0.6 is 23.8 Å². The lowest BCUT2D eigenvalue weighted by Gasteiger charge is -2.32. The molecule has 1 aliphatic rings. The molecule has 126 valence electrons. The van der Waals surface area contributed by atoms with Gasteiger partial charge in [-0.2, -0.15) is 0 Å². The van der Waals surface area contributed by atoms with Gasteiger partial charge in [-0.3, -0.25) is 0 Å². The second kappa shape index (κ2) is 8.00. The summed E-state index contributed by atoms with van der Waals surface area (Å²) in [6.45, 7) is 4.88. The molecule has 0 bridgehead atoms. The van der Waals surface area contributed by atoms with Crippen LogP contribution in [0.25, 0.3) is 0 Å². The fraction of sp³-hybridized carbons (Fsp3) is 0.350. The van der Waals surface area contributed by atoms with Gasteiger partial charge in [0, 0.05) is 18.1 Å². The van der Waals surface area contributed by atoms with Crippen molar-refractivity contribution in [1.82, 2.24) is 4.90 Å². The first kappa shape index (κ1) is 17.2. The molecule has 0 radical (unpaired) electrons. The fourth-order valence-electron chi connectivity index (χ4n) is 2.89. The number of thiocarbonyl (C=S) groups is 1. The van der Waals surface area contributed by atoms with Crippen molar-refractivity contribution in [2.24, 2.45) is 5.92 Å². The van der Waals surface area contributed by atoms with E-state index in [9.17, 15) is 0 Å². The largest absolute Gasteiger partial charge is 0.488 e. The third-order valence-corrected chi connectivity index (χ3v) is 5.23. The topological polar surface area (TPSA) is 12.5 Å². The Balaban J connectivity index is 1.70. The fourth-order valence-corrected chi connectivity index (χ4v) is 3.37. The van der Waals surface area contributed by atoms with Crippen LogP contribution in [0.3, 0.4) is 0 Å². The molecule has 1 saturated heterocycles. The predicted octanol–water partition coefficient (Wildman–Crippen LogP) is 5.33. The minimum atomic E-state index is 0.508. The van der Waals surface area contributed by atoms with Crippen molar-refractivity contribution in [2.75, 3.05) is 13.1 Å². The summed E-state index contributed by atoms with van der Waals surface area (Å²) in [5, 5.41) is 0.736. The maximum atomic E-state index is 6.04. The first-order chi connectivity index (χ1) is 11.6. The van der Waals surface area contributed by atoms with Gasteiger partial charge in [0.15, 0.2) is 0 Å². The van der Waals surface area contributed by atoms with E-state index in [1.807, 2.05) is 42.5 Å². The second-order valence-electron chi connectivity index (χ2n) is 6.39. The number of piperidine rings is 1. The number of hydrogen-bond acceptors (Lipinski definition) is 2. The second-order valence-corrected chi connectivity index (χ2v) is 7.21. The average molecular weight is 360 g/mol. The minimum absolute atomic E-state index is 0.508. The molecular weight excluding hydrogens is 338 g/mol. The summed E-state index contributed by atoms with van der Waals surface area (Å²) in [6, 6.07) is 15.8. The monoisotopic (exact) mass is 359 g/mol. The molecule has 1 heterocycles. The maximum absolute atomic E-state index is 6.04. The molecule has 2 nitrogen and oxygen atoms in total. The Hall–Kier alpha value is -1.58. The molecule has 0 atom stereocenters. The van der Waals surface area contributed by atoms with Gasteiger partial charge in [-0.25, -0.2) is 0 Å². The molecule has 0 saturated carbocycles. The number of ether oxygens (including phenoxy) is 1. The third kappa shape index (κ3) is 4.28. The molecule has 0 aromatic heterocycles. The number of rotatable bonds is 4. The van der Waals surface area contributed by atoms with Gasteiger partial charge in [-0.05, 0) is 48.6 Å². The number of likely N-dealkylation sites (tertiary alicyclic amines) is 1. The van der Waals surface area contributed by atoms with Crippen molar-refractivity contribution in [3.63, 3.8) is 0 Å². The van der Waals surface area contributed by atoms with Gasteiger partial charge in [-0.1, -0.05) is 55.0 Å². The van der Waals surface area contributed by atoms with E-state index in [0.29, 0.717) is 6.61 Å². The molecule has 0 aliphatic carbocycles. The van der Waals surface area contributed by atoms with Crippen LogP contribution in [0.5, 0.6) is 5.75 Å². The van der Waals surface area contributed by atoms with E-state index in [0.717, 1.165) is 45.9 Å². The van der Waals surface area contributed by atoms with Crippen LogP contribution in [0.2, 0.25) is 5.02 Å². The Labute approximate surface area is 154 Å². The zero-order chi connectivity index (χ0) is 16.9. The van der Waals surface area contributed by atoms with E-state index in [1.165, 1.54) is 12.8 Å². The summed E-state index contributed by atoms with van der Waals surface area (Å²) in [5.74, 6) is 1.64. The highest BCUT2D eigenvalue weighted by molar-refractivity contribution is 7.80. The number of para-hydroxylation sites is 1. The zero-order valence-corrected chi connectivity index (χ0v) is 15.4. The molecule has 2 aromatic carbocycles. The van der Waals surface area contributed by atoms with Crippen molar-refractivity contribution < 1.29 is 4.74 Å². The summed E-state index contributed by atoms with van der Waals surface area (Å²) < 4.78 is 6.04. The summed E-state index contributed by atoms with van der Waals surface area (Å²) in [7, 11) is 0. The van der Waals surface area contributed by atoms with E-state index < -0.39 is 0 Å². The Morgan fingerprint density at radius 3 is 2.50 bits per heavy atom. The number of halogens is 1. The standard InChI is InChI=1S/C20H22ClNOS/c1-15-10-12-22(13-11-15)20(24)18-4-2-3-5-19(18)23-14-16-6-8-17(21)9-7-16/h2-9,15H,10-14H2,1H3. The van der Waals surface area contributed by atoms with E-state index >= 15 is 0 Å². The van der Waals surface area contributed by atoms with Crippen LogP contribution in [-0.4, -0.2) is 23.0 Å². The Morgan fingerprint density at radius 1 is 1.12 bits per heavy atom. The van der Waals surface area contributed by atoms with Crippen LogP contribution in [-0.2, 0) is 6.61 Å². The first-order valence-corrected chi connectivity index (χ1v) is 9.17. The Kier molecular flexibility index (Phi) is 5.75. The lowest BCUT2D eigenvalue weighted by Crippen LogP contribution is -2.37. The molecule has 3 rings (SSSR count).